The Balaban J connectivity index is 1.37. The van der Waals surface area contributed by atoms with Gasteiger partial charge in [-0.1, -0.05) is 0 Å². The van der Waals surface area contributed by atoms with Gasteiger partial charge in [-0.05, 0) is 31.7 Å². The molecule has 0 aromatic carbocycles. The average Bonchev–Trinajstić information content (AvgIpc) is 3.48. The molecule has 2 aliphatic rings. The van der Waals surface area contributed by atoms with E-state index in [0.717, 1.165) is 25.7 Å². The van der Waals surface area contributed by atoms with Crippen molar-refractivity contribution in [3.8, 4) is 0 Å². The van der Waals surface area contributed by atoms with Crippen LogP contribution in [0.2, 0.25) is 0 Å². The van der Waals surface area contributed by atoms with Gasteiger partial charge in [0.25, 0.3) is 11.5 Å². The van der Waals surface area contributed by atoms with Crippen LogP contribution in [0.1, 0.15) is 47.8 Å². The summed E-state index contributed by atoms with van der Waals surface area (Å²) in [5, 5.41) is 3.28. The van der Waals surface area contributed by atoms with Crippen LogP contribution in [-0.4, -0.2) is 49.9 Å². The van der Waals surface area contributed by atoms with Crippen molar-refractivity contribution in [1.29, 1.82) is 0 Å². The van der Waals surface area contributed by atoms with E-state index in [-0.39, 0.29) is 23.1 Å². The van der Waals surface area contributed by atoms with Crippen molar-refractivity contribution in [3.63, 3.8) is 0 Å². The maximum atomic E-state index is 12.6. The number of hydrogen-bond acceptors (Lipinski definition) is 6. The lowest BCUT2D eigenvalue weighted by Gasteiger charge is -2.32. The van der Waals surface area contributed by atoms with Gasteiger partial charge in [0.15, 0.2) is 0 Å². The lowest BCUT2D eigenvalue weighted by molar-refractivity contribution is 0.0716. The van der Waals surface area contributed by atoms with E-state index in [0.29, 0.717) is 30.8 Å². The second kappa shape index (κ2) is 6.62. The molecule has 130 valence electrons. The van der Waals surface area contributed by atoms with Gasteiger partial charge in [0.1, 0.15) is 11.4 Å². The first-order valence-electron chi connectivity index (χ1n) is 8.63. The van der Waals surface area contributed by atoms with Crippen LogP contribution < -0.4 is 10.9 Å². The number of aromatic nitrogens is 4. The van der Waals surface area contributed by atoms with Gasteiger partial charge in [0, 0.05) is 43.6 Å². The summed E-state index contributed by atoms with van der Waals surface area (Å²) in [4.78, 5) is 41.8. The van der Waals surface area contributed by atoms with Crippen LogP contribution in [-0.2, 0) is 0 Å². The Bertz CT molecular complexity index is 809. The number of carbonyl (C=O) groups excluding carboxylic acids is 1. The summed E-state index contributed by atoms with van der Waals surface area (Å²) >= 11 is 0. The summed E-state index contributed by atoms with van der Waals surface area (Å²) < 4.78 is 0. The molecule has 2 aromatic heterocycles. The molecule has 3 heterocycles. The van der Waals surface area contributed by atoms with Crippen molar-refractivity contribution in [1.82, 2.24) is 24.8 Å². The Labute approximate surface area is 144 Å². The van der Waals surface area contributed by atoms with Gasteiger partial charge in [-0.2, -0.15) is 0 Å². The molecule has 1 aliphatic carbocycles. The summed E-state index contributed by atoms with van der Waals surface area (Å²) in [6, 6.07) is 1.99. The first-order valence-corrected chi connectivity index (χ1v) is 8.63. The molecule has 25 heavy (non-hydrogen) atoms. The summed E-state index contributed by atoms with van der Waals surface area (Å²) in [6.07, 6.45) is 8.50. The third-order valence-electron chi connectivity index (χ3n) is 4.69. The Morgan fingerprint density at radius 2 is 1.84 bits per heavy atom. The SMILES string of the molecule is O=C(c1cnc(C2CC2)[nH]c1=O)N1CCC(Nc2ncccn2)CC1. The van der Waals surface area contributed by atoms with Gasteiger partial charge >= 0.3 is 0 Å². The third kappa shape index (κ3) is 3.52. The zero-order valence-corrected chi connectivity index (χ0v) is 13.8. The Hall–Kier alpha value is -2.77. The summed E-state index contributed by atoms with van der Waals surface area (Å²) in [7, 11) is 0. The van der Waals surface area contributed by atoms with Gasteiger partial charge in [-0.15, -0.1) is 0 Å². The maximum absolute atomic E-state index is 12.6. The van der Waals surface area contributed by atoms with E-state index in [1.54, 1.807) is 23.4 Å². The number of likely N-dealkylation sites (tertiary alicyclic amines) is 1. The van der Waals surface area contributed by atoms with Gasteiger partial charge in [0.2, 0.25) is 5.95 Å². The predicted molar refractivity (Wildman–Crippen MR) is 91.4 cm³/mol. The molecule has 4 rings (SSSR count). The standard InChI is InChI=1S/C17H20N6O2/c24-15-13(10-20-14(22-15)11-2-3-11)16(25)23-8-4-12(5-9-23)21-17-18-6-1-7-19-17/h1,6-7,10-12H,2-5,8-9H2,(H,18,19,21)(H,20,22,24). The lowest BCUT2D eigenvalue weighted by atomic mass is 10.0. The molecule has 2 fully saturated rings. The minimum Gasteiger partial charge on any atom is -0.351 e. The number of H-pyrrole nitrogens is 1. The van der Waals surface area contributed by atoms with Crippen molar-refractivity contribution in [2.75, 3.05) is 18.4 Å². The van der Waals surface area contributed by atoms with Crippen LogP contribution in [0.3, 0.4) is 0 Å². The van der Waals surface area contributed by atoms with Crippen LogP contribution in [0.4, 0.5) is 5.95 Å². The highest BCUT2D eigenvalue weighted by atomic mass is 16.2. The van der Waals surface area contributed by atoms with Crippen molar-refractivity contribution in [3.05, 3.63) is 46.4 Å². The summed E-state index contributed by atoms with van der Waals surface area (Å²) in [5.74, 6) is 1.42. The second-order valence-electron chi connectivity index (χ2n) is 6.57. The molecule has 0 bridgehead atoms. The number of aromatic amines is 1. The van der Waals surface area contributed by atoms with Crippen LogP contribution >= 0.6 is 0 Å². The average molecular weight is 340 g/mol. The molecule has 1 saturated carbocycles. The molecule has 2 aromatic rings. The third-order valence-corrected chi connectivity index (χ3v) is 4.69. The fourth-order valence-corrected chi connectivity index (χ4v) is 3.08. The molecule has 2 N–H and O–H groups in total. The number of amides is 1. The molecule has 0 unspecified atom stereocenters. The number of rotatable bonds is 4. The fourth-order valence-electron chi connectivity index (χ4n) is 3.08. The highest BCUT2D eigenvalue weighted by Crippen LogP contribution is 2.37. The number of hydrogen-bond donors (Lipinski definition) is 2. The first-order chi connectivity index (χ1) is 12.2. The Morgan fingerprint density at radius 3 is 2.48 bits per heavy atom. The van der Waals surface area contributed by atoms with E-state index >= 15 is 0 Å². The minimum atomic E-state index is -0.333. The van der Waals surface area contributed by atoms with E-state index in [1.807, 2.05) is 0 Å². The first kappa shape index (κ1) is 15.7. The van der Waals surface area contributed by atoms with Crippen molar-refractivity contribution in [2.45, 2.75) is 37.6 Å². The highest BCUT2D eigenvalue weighted by Gasteiger charge is 2.29. The molecule has 1 amide bonds. The van der Waals surface area contributed by atoms with Gasteiger partial charge in [-0.3, -0.25) is 9.59 Å². The molecule has 8 heteroatoms. The summed E-state index contributed by atoms with van der Waals surface area (Å²) in [6.45, 7) is 1.18. The quantitative estimate of drug-likeness (QED) is 0.865. The van der Waals surface area contributed by atoms with Crippen LogP contribution in [0, 0.1) is 0 Å². The number of nitrogens with zero attached hydrogens (tertiary/aromatic N) is 4. The number of nitrogens with one attached hydrogen (secondary N) is 2. The molecule has 1 aliphatic heterocycles. The van der Waals surface area contributed by atoms with Gasteiger partial charge in [-0.25, -0.2) is 15.0 Å². The van der Waals surface area contributed by atoms with E-state index in [4.69, 9.17) is 0 Å². The topological polar surface area (TPSA) is 104 Å². The largest absolute Gasteiger partial charge is 0.351 e. The predicted octanol–water partition coefficient (Wildman–Crippen LogP) is 1.15. The number of carbonyl (C=O) groups is 1. The Kier molecular flexibility index (Phi) is 4.17. The minimum absolute atomic E-state index is 0.127. The molecular formula is C17H20N6O2. The second-order valence-corrected chi connectivity index (χ2v) is 6.57. The number of anilines is 1. The van der Waals surface area contributed by atoms with E-state index in [1.165, 1.54) is 6.20 Å². The normalized spacial score (nSPS) is 18.2. The zero-order chi connectivity index (χ0) is 17.2. The van der Waals surface area contributed by atoms with Crippen molar-refractivity contribution in [2.24, 2.45) is 0 Å². The molecule has 0 spiro atoms. The van der Waals surface area contributed by atoms with Crippen LogP contribution in [0.25, 0.3) is 0 Å². The fraction of sp³-hybridized carbons (Fsp3) is 0.471. The monoisotopic (exact) mass is 340 g/mol. The highest BCUT2D eigenvalue weighted by molar-refractivity contribution is 5.93. The smallest absolute Gasteiger partial charge is 0.263 e. The lowest BCUT2D eigenvalue weighted by Crippen LogP contribution is -2.44. The van der Waals surface area contributed by atoms with Gasteiger partial charge in [0.05, 0.1) is 0 Å². The van der Waals surface area contributed by atoms with E-state index < -0.39 is 0 Å². The van der Waals surface area contributed by atoms with E-state index in [2.05, 4.69) is 25.3 Å². The molecule has 8 nitrogen and oxygen atoms in total. The summed E-state index contributed by atoms with van der Waals surface area (Å²) in [5.41, 5.74) is -0.206. The van der Waals surface area contributed by atoms with Gasteiger partial charge < -0.3 is 15.2 Å². The Morgan fingerprint density at radius 1 is 1.12 bits per heavy atom. The van der Waals surface area contributed by atoms with Crippen molar-refractivity contribution < 1.29 is 4.79 Å². The van der Waals surface area contributed by atoms with Crippen molar-refractivity contribution >= 4 is 11.9 Å². The molecule has 0 radical (unpaired) electrons. The molecular weight excluding hydrogens is 320 g/mol. The molecule has 1 saturated heterocycles. The maximum Gasteiger partial charge on any atom is 0.263 e. The van der Waals surface area contributed by atoms with Crippen LogP contribution in [0.15, 0.2) is 29.5 Å². The van der Waals surface area contributed by atoms with Crippen LogP contribution in [0.5, 0.6) is 0 Å². The number of piperidine rings is 1. The van der Waals surface area contributed by atoms with E-state index in [9.17, 15) is 9.59 Å². The molecule has 0 atom stereocenters. The zero-order valence-electron chi connectivity index (χ0n) is 13.8.